The largest absolute Gasteiger partial charge is 0.503 e. The summed E-state index contributed by atoms with van der Waals surface area (Å²) < 4.78 is 92.8. The van der Waals surface area contributed by atoms with Crippen molar-refractivity contribution < 1.29 is 84.1 Å². The van der Waals surface area contributed by atoms with E-state index >= 15 is 0 Å². The SMILES string of the molecule is C.C.C.C.C.C.CCC.CCC.CCC.CCCC.CCCC.CCCC.CO[Si](CCN=[N+]=[N-])(OC)OC.CO[Si]1(CCN=[N+]=[N-])OC(C(C)O[Si](C)(C)C)C(C(C)O[Si](C)(C)C)O1.CO[Si]1(CCn2cc(CN(C3=N[C@@H](C(C)(C)C)CO3)C3=N[C@@H](C(C)(C)C)CO3)nn2)OC(C(C)O[Si](C)(C)C)C(C(C)O[Si](C)(C)C)O1.[Cu]. The predicted octanol–water partition coefficient (Wildman–Crippen LogP) is 24.3. The summed E-state index contributed by atoms with van der Waals surface area (Å²) in [6, 6.07) is 2.51. The second kappa shape index (κ2) is 69.5. The van der Waals surface area contributed by atoms with Crippen LogP contribution < -0.4 is 0 Å². The molecule has 2 saturated heterocycles. The molecule has 0 aromatic carbocycles. The van der Waals surface area contributed by atoms with E-state index in [9.17, 15) is 0 Å². The van der Waals surface area contributed by atoms with Crippen LogP contribution in [0, 0.1) is 10.8 Å². The molecule has 10 atom stereocenters. The first-order chi connectivity index (χ1) is 49.5. The van der Waals surface area contributed by atoms with Gasteiger partial charge in [0, 0.05) is 100 Å². The molecular weight excluding hydrogens is 1620 g/mol. The summed E-state index contributed by atoms with van der Waals surface area (Å²) in [5.41, 5.74) is 17.2. The van der Waals surface area contributed by atoms with E-state index in [4.69, 9.17) is 88.1 Å². The van der Waals surface area contributed by atoms with Gasteiger partial charge >= 0.3 is 26.4 Å². The standard InChI is InChI=1S/C32H62N6O7Si3.C15H35N3O5Si3.C5H13N3O3Si.3C4H10.3C3H8.6CH4.Cu/c1-22(42-46(10,11)12)27-28(23(2)43-47(13,14)15)45-48(39-9,44-27)17-16-37-18-24(35-36-37)19-38(29-33-25(20-40-29)31(3,4)5)30-34-26(21-41-30)32(6,7)8;1-12(20-24(4,5)6)14-15(13(2)21-25(7,8)9)23-26(19-3,22-14)11-10-17-18-16;1-9-12(10-2,11-3)5-4-7-8-6;3*1-3-4-2;3*1-3-2;;;;;;;/h18,22-23,25-28H,16-17,19-21H2,1-15H3;12-15H,10-11H2,1-9H3;4-5H2,1-3H3;3*3-4H2,1-2H3;3*3H2,1-2H3;6*1H4;/t22?,23?,25-,26-,27?,28?,48?;;;;;;;;;;;;;;;/m1.............../s1. The molecule has 27 nitrogen and oxygen atoms in total. The molecular formula is C79H188CuN12O15Si7. The molecule has 114 heavy (non-hydrogen) atoms. The number of rotatable bonds is 31. The summed E-state index contributed by atoms with van der Waals surface area (Å²) in [6.45, 7) is 75.5. The van der Waals surface area contributed by atoms with Crippen LogP contribution >= 0.6 is 0 Å². The van der Waals surface area contributed by atoms with Gasteiger partial charge in [0.25, 0.3) is 12.0 Å². The molecule has 5 heterocycles. The molecule has 4 aliphatic rings. The summed E-state index contributed by atoms with van der Waals surface area (Å²) in [4.78, 5) is 17.2. The number of aliphatic imine (C=N–C) groups is 2. The Morgan fingerprint density at radius 3 is 0.991 bits per heavy atom. The van der Waals surface area contributed by atoms with Crippen LogP contribution in [0.25, 0.3) is 20.9 Å². The van der Waals surface area contributed by atoms with Crippen LogP contribution in [0.4, 0.5) is 0 Å². The van der Waals surface area contributed by atoms with Crippen LogP contribution in [0.1, 0.15) is 260 Å². The molecule has 1 radical (unpaired) electrons. The molecule has 0 bridgehead atoms. The fraction of sp³-hybridized carbons (Fsp3) is 0.949. The van der Waals surface area contributed by atoms with Crippen LogP contribution in [-0.2, 0) is 97.2 Å². The maximum atomic E-state index is 8.55. The minimum atomic E-state index is -3.11. The Bertz CT molecular complexity index is 2460. The zero-order valence-corrected chi connectivity index (χ0v) is 83.8. The number of hydrogen-bond donors (Lipinski definition) is 0. The molecule has 1 aromatic rings. The number of aryl methyl sites for hydroxylation is 1. The van der Waals surface area contributed by atoms with Crippen molar-refractivity contribution >= 4 is 71.7 Å². The average Bonchev–Trinajstić information content (AvgIpc) is 1.64. The van der Waals surface area contributed by atoms with E-state index < -0.39 is 59.7 Å². The number of ether oxygens (including phenoxy) is 2. The monoisotopic (exact) mass is 1800 g/mol. The zero-order valence-electron chi connectivity index (χ0n) is 75.9. The van der Waals surface area contributed by atoms with Crippen molar-refractivity contribution in [2.24, 2.45) is 31.0 Å². The predicted molar refractivity (Wildman–Crippen MR) is 499 cm³/mol. The van der Waals surface area contributed by atoms with Crippen molar-refractivity contribution in [2.75, 3.05) is 61.9 Å². The summed E-state index contributed by atoms with van der Waals surface area (Å²) >= 11 is 0. The second-order valence-corrected chi connectivity index (χ2v) is 59.6. The maximum absolute atomic E-state index is 8.55. The topological polar surface area (TPSA) is 295 Å². The third-order valence-corrected chi connectivity index (χ3v) is 27.9. The van der Waals surface area contributed by atoms with E-state index in [0.717, 1.165) is 5.69 Å². The van der Waals surface area contributed by atoms with Crippen molar-refractivity contribution in [3.8, 4) is 0 Å². The van der Waals surface area contributed by atoms with Crippen molar-refractivity contribution in [2.45, 2.75) is 425 Å². The molecule has 35 heteroatoms. The minimum Gasteiger partial charge on any atom is -0.463 e. The normalized spacial score (nSPS) is 20.9. The van der Waals surface area contributed by atoms with E-state index in [1.54, 1.807) is 14.2 Å². The first-order valence-corrected chi connectivity index (χ1v) is 59.2. The molecule has 5 rings (SSSR count). The fourth-order valence-corrected chi connectivity index (χ4v) is 21.5. The van der Waals surface area contributed by atoms with Crippen molar-refractivity contribution in [3.63, 3.8) is 0 Å². The van der Waals surface area contributed by atoms with E-state index in [0.29, 0.717) is 63.0 Å². The van der Waals surface area contributed by atoms with Crippen LogP contribution in [-0.4, -0.2) is 214 Å². The molecule has 2 fully saturated rings. The van der Waals surface area contributed by atoms with Gasteiger partial charge in [-0.05, 0) is 128 Å². The Labute approximate surface area is 722 Å². The smallest absolute Gasteiger partial charge is 0.463 e. The molecule has 693 valence electrons. The summed E-state index contributed by atoms with van der Waals surface area (Å²) in [7, 11) is -7.91. The van der Waals surface area contributed by atoms with Gasteiger partial charge in [-0.1, -0.05) is 242 Å². The van der Waals surface area contributed by atoms with Gasteiger partial charge in [0.15, 0.2) is 33.3 Å². The van der Waals surface area contributed by atoms with E-state index in [2.05, 4.69) is 247 Å². The minimum absolute atomic E-state index is 0. The Morgan fingerprint density at radius 1 is 0.491 bits per heavy atom. The van der Waals surface area contributed by atoms with Crippen molar-refractivity contribution in [3.05, 3.63) is 32.8 Å². The third kappa shape index (κ3) is 58.9. The van der Waals surface area contributed by atoms with Crippen molar-refractivity contribution in [1.29, 1.82) is 0 Å². The summed E-state index contributed by atoms with van der Waals surface area (Å²) in [5.74, 6) is 0. The molecule has 4 aliphatic heterocycles. The van der Waals surface area contributed by atoms with E-state index in [1.807, 2.05) is 29.6 Å². The molecule has 8 unspecified atom stereocenters. The third-order valence-electron chi connectivity index (χ3n) is 15.4. The maximum Gasteiger partial charge on any atom is 0.503 e. The van der Waals surface area contributed by atoms with E-state index in [-0.39, 0.29) is 140 Å². The Hall–Kier alpha value is -1.98. The summed E-state index contributed by atoms with van der Waals surface area (Å²) in [5, 5.41) is 16.0. The number of nitrogens with zero attached hydrogens (tertiary/aromatic N) is 12. The molecule has 0 amide bonds. The molecule has 0 saturated carbocycles. The van der Waals surface area contributed by atoms with Gasteiger partial charge < -0.3 is 67.0 Å². The van der Waals surface area contributed by atoms with Gasteiger partial charge in [-0.2, -0.15) is 0 Å². The van der Waals surface area contributed by atoms with Crippen LogP contribution in [0.2, 0.25) is 96.7 Å². The molecule has 0 aliphatic carbocycles. The van der Waals surface area contributed by atoms with Gasteiger partial charge in [-0.15, -0.1) is 5.10 Å². The second-order valence-electron chi connectivity index (χ2n) is 33.2. The first-order valence-electron chi connectivity index (χ1n) is 39.8. The Morgan fingerprint density at radius 2 is 0.763 bits per heavy atom. The number of hydrogen-bond acceptors (Lipinski definition) is 22. The fourth-order valence-electron chi connectivity index (χ4n) is 9.81. The zero-order chi connectivity index (χ0) is 83.9. The molecule has 0 N–H and O–H groups in total. The van der Waals surface area contributed by atoms with Gasteiger partial charge in [-0.3, -0.25) is 4.68 Å². The van der Waals surface area contributed by atoms with Crippen LogP contribution in [0.5, 0.6) is 0 Å². The van der Waals surface area contributed by atoms with Gasteiger partial charge in [-0.25, -0.2) is 14.9 Å². The Balaban J connectivity index is -0.000000150. The van der Waals surface area contributed by atoms with Gasteiger partial charge in [0.2, 0.25) is 0 Å². The average molecular weight is 1810 g/mol. The number of aromatic nitrogens is 3. The van der Waals surface area contributed by atoms with Crippen LogP contribution in [0.15, 0.2) is 26.4 Å². The van der Waals surface area contributed by atoms with Gasteiger partial charge in [0.1, 0.15) is 43.3 Å². The molecule has 1 aromatic heterocycles. The van der Waals surface area contributed by atoms with Crippen LogP contribution in [0.3, 0.4) is 0 Å². The number of amidine groups is 2. The number of azide groups is 2. The Kier molecular flexibility index (Phi) is 82.5. The summed E-state index contributed by atoms with van der Waals surface area (Å²) in [6.07, 6.45) is 11.8. The number of unbranched alkanes of at least 4 members (excludes halogenated alkanes) is 3. The van der Waals surface area contributed by atoms with Crippen molar-refractivity contribution in [1.82, 2.24) is 19.9 Å². The first kappa shape index (κ1) is 135. The van der Waals surface area contributed by atoms with Gasteiger partial charge in [0.05, 0.1) is 49.2 Å². The quantitative estimate of drug-likeness (QED) is 0.0289. The van der Waals surface area contributed by atoms with E-state index in [1.165, 1.54) is 79.1 Å². The molecule has 0 spiro atoms.